The first-order valence-corrected chi connectivity index (χ1v) is 8.11. The number of nitrogens with zero attached hydrogens (tertiary/aromatic N) is 4. The number of fused-ring (bicyclic) bond motifs is 1. The Balaban J connectivity index is 1.55. The van der Waals surface area contributed by atoms with E-state index in [4.69, 9.17) is 10.5 Å². The summed E-state index contributed by atoms with van der Waals surface area (Å²) in [6.07, 6.45) is 5.97. The Bertz CT molecular complexity index is 661. The SMILES string of the molecule is Nc1ncnc2c1c(Br)cn2[C@H]1C[C@@H](N2CCOCC2)C1. The molecule has 0 aromatic carbocycles. The molecule has 6 nitrogen and oxygen atoms in total. The van der Waals surface area contributed by atoms with Crippen molar-refractivity contribution in [1.29, 1.82) is 0 Å². The van der Waals surface area contributed by atoms with E-state index in [1.54, 1.807) is 6.33 Å². The highest BCUT2D eigenvalue weighted by atomic mass is 79.9. The third kappa shape index (κ3) is 2.23. The quantitative estimate of drug-likeness (QED) is 0.893. The maximum Gasteiger partial charge on any atom is 0.146 e. The Morgan fingerprint density at radius 2 is 1.95 bits per heavy atom. The van der Waals surface area contributed by atoms with Gasteiger partial charge in [-0.15, -0.1) is 0 Å². The summed E-state index contributed by atoms with van der Waals surface area (Å²) in [5, 5.41) is 0.923. The molecule has 0 bridgehead atoms. The van der Waals surface area contributed by atoms with Crippen LogP contribution in [0.3, 0.4) is 0 Å². The Kier molecular flexibility index (Phi) is 3.35. The van der Waals surface area contributed by atoms with Crippen molar-refractivity contribution in [2.75, 3.05) is 32.0 Å². The van der Waals surface area contributed by atoms with E-state index >= 15 is 0 Å². The summed E-state index contributed by atoms with van der Waals surface area (Å²) in [6.45, 7) is 3.84. The smallest absolute Gasteiger partial charge is 0.146 e. The van der Waals surface area contributed by atoms with E-state index in [2.05, 4.69) is 41.6 Å². The minimum Gasteiger partial charge on any atom is -0.383 e. The summed E-state index contributed by atoms with van der Waals surface area (Å²) in [6, 6.07) is 1.18. The Morgan fingerprint density at radius 1 is 1.19 bits per heavy atom. The van der Waals surface area contributed by atoms with Crippen LogP contribution in [0.1, 0.15) is 18.9 Å². The molecule has 7 heteroatoms. The van der Waals surface area contributed by atoms with Crippen molar-refractivity contribution < 1.29 is 4.74 Å². The number of nitrogen functional groups attached to an aromatic ring is 1. The van der Waals surface area contributed by atoms with Crippen LogP contribution in [0.15, 0.2) is 17.0 Å². The number of hydrogen-bond acceptors (Lipinski definition) is 5. The van der Waals surface area contributed by atoms with Crippen LogP contribution in [-0.4, -0.2) is 51.8 Å². The molecule has 2 aromatic heterocycles. The van der Waals surface area contributed by atoms with E-state index in [1.165, 1.54) is 12.8 Å². The standard InChI is InChI=1S/C14H18BrN5O/c15-11-7-20(14-12(11)13(16)17-8-18-14)10-5-9(6-10)19-1-3-21-4-2-19/h7-10H,1-6H2,(H2,16,17,18)/t9-,10+. The van der Waals surface area contributed by atoms with Crippen LogP contribution in [0.5, 0.6) is 0 Å². The van der Waals surface area contributed by atoms with Gasteiger partial charge in [-0.1, -0.05) is 0 Å². The molecular weight excluding hydrogens is 334 g/mol. The van der Waals surface area contributed by atoms with E-state index < -0.39 is 0 Å². The van der Waals surface area contributed by atoms with Crippen molar-refractivity contribution in [2.45, 2.75) is 24.9 Å². The Labute approximate surface area is 131 Å². The zero-order chi connectivity index (χ0) is 14.4. The number of rotatable bonds is 2. The molecule has 21 heavy (non-hydrogen) atoms. The first-order chi connectivity index (χ1) is 10.2. The minimum absolute atomic E-state index is 0.501. The van der Waals surface area contributed by atoms with Crippen molar-refractivity contribution in [3.63, 3.8) is 0 Å². The maximum absolute atomic E-state index is 5.96. The normalized spacial score (nSPS) is 26.9. The molecule has 112 valence electrons. The summed E-state index contributed by atoms with van der Waals surface area (Å²) in [7, 11) is 0. The predicted octanol–water partition coefficient (Wildman–Crippen LogP) is 1.81. The molecular formula is C14H18BrN5O. The molecule has 1 aliphatic carbocycles. The number of morpholine rings is 1. The highest BCUT2D eigenvalue weighted by Crippen LogP contribution is 2.40. The maximum atomic E-state index is 5.96. The highest BCUT2D eigenvalue weighted by Gasteiger charge is 2.36. The summed E-state index contributed by atoms with van der Waals surface area (Å²) in [4.78, 5) is 11.0. The average molecular weight is 352 g/mol. The summed E-state index contributed by atoms with van der Waals surface area (Å²) >= 11 is 3.57. The van der Waals surface area contributed by atoms with E-state index in [0.717, 1.165) is 41.8 Å². The molecule has 2 aromatic rings. The van der Waals surface area contributed by atoms with E-state index in [0.29, 0.717) is 17.9 Å². The zero-order valence-corrected chi connectivity index (χ0v) is 13.3. The molecule has 1 saturated heterocycles. The van der Waals surface area contributed by atoms with Crippen LogP contribution in [-0.2, 0) is 4.74 Å². The lowest BCUT2D eigenvalue weighted by Gasteiger charge is -2.44. The van der Waals surface area contributed by atoms with Crippen molar-refractivity contribution in [3.8, 4) is 0 Å². The Hall–Kier alpha value is -1.18. The first kappa shape index (κ1) is 13.5. The van der Waals surface area contributed by atoms with E-state index in [-0.39, 0.29) is 0 Å². The molecule has 0 spiro atoms. The molecule has 1 aliphatic heterocycles. The van der Waals surface area contributed by atoms with Gasteiger partial charge in [0, 0.05) is 35.8 Å². The monoisotopic (exact) mass is 351 g/mol. The lowest BCUT2D eigenvalue weighted by atomic mass is 9.85. The first-order valence-electron chi connectivity index (χ1n) is 7.32. The topological polar surface area (TPSA) is 69.2 Å². The number of nitrogens with two attached hydrogens (primary N) is 1. The third-order valence-electron chi connectivity index (χ3n) is 4.64. The minimum atomic E-state index is 0.501. The van der Waals surface area contributed by atoms with Crippen molar-refractivity contribution in [2.24, 2.45) is 0 Å². The predicted molar refractivity (Wildman–Crippen MR) is 84.1 cm³/mol. The van der Waals surface area contributed by atoms with Crippen LogP contribution in [0.4, 0.5) is 5.82 Å². The number of halogens is 1. The lowest BCUT2D eigenvalue weighted by molar-refractivity contribution is -0.0142. The van der Waals surface area contributed by atoms with Gasteiger partial charge in [-0.3, -0.25) is 4.90 Å². The van der Waals surface area contributed by atoms with Gasteiger partial charge in [0.2, 0.25) is 0 Å². The number of aromatic nitrogens is 3. The van der Waals surface area contributed by atoms with Gasteiger partial charge in [0.15, 0.2) is 0 Å². The van der Waals surface area contributed by atoms with Gasteiger partial charge in [-0.25, -0.2) is 9.97 Å². The summed E-state index contributed by atoms with van der Waals surface area (Å²) in [5.74, 6) is 0.537. The van der Waals surface area contributed by atoms with Gasteiger partial charge >= 0.3 is 0 Å². The van der Waals surface area contributed by atoms with Crippen molar-refractivity contribution >= 4 is 32.8 Å². The number of ether oxygens (including phenoxy) is 1. The molecule has 3 heterocycles. The van der Waals surface area contributed by atoms with Crippen molar-refractivity contribution in [3.05, 3.63) is 17.0 Å². The number of hydrogen-bond donors (Lipinski definition) is 1. The molecule has 2 N–H and O–H groups in total. The highest BCUT2D eigenvalue weighted by molar-refractivity contribution is 9.10. The molecule has 2 fully saturated rings. The van der Waals surface area contributed by atoms with Gasteiger partial charge < -0.3 is 15.0 Å². The largest absolute Gasteiger partial charge is 0.383 e. The van der Waals surface area contributed by atoms with Crippen LogP contribution < -0.4 is 5.73 Å². The molecule has 0 unspecified atom stereocenters. The van der Waals surface area contributed by atoms with Crippen LogP contribution in [0.25, 0.3) is 11.0 Å². The van der Waals surface area contributed by atoms with Crippen molar-refractivity contribution in [1.82, 2.24) is 19.4 Å². The zero-order valence-electron chi connectivity index (χ0n) is 11.7. The number of anilines is 1. The third-order valence-corrected chi connectivity index (χ3v) is 5.24. The van der Waals surface area contributed by atoms with Gasteiger partial charge in [0.25, 0.3) is 0 Å². The molecule has 0 radical (unpaired) electrons. The average Bonchev–Trinajstić information content (AvgIpc) is 2.77. The molecule has 0 atom stereocenters. The summed E-state index contributed by atoms with van der Waals surface area (Å²) < 4.78 is 8.64. The second-order valence-corrected chi connectivity index (χ2v) is 6.62. The fraction of sp³-hybridized carbons (Fsp3) is 0.571. The van der Waals surface area contributed by atoms with Gasteiger partial charge in [-0.05, 0) is 28.8 Å². The van der Waals surface area contributed by atoms with Gasteiger partial charge in [0.1, 0.15) is 17.8 Å². The van der Waals surface area contributed by atoms with Crippen LogP contribution in [0, 0.1) is 0 Å². The second kappa shape index (κ2) is 5.23. The molecule has 2 aliphatic rings. The second-order valence-electron chi connectivity index (χ2n) is 5.77. The van der Waals surface area contributed by atoms with Gasteiger partial charge in [0.05, 0.1) is 18.6 Å². The van der Waals surface area contributed by atoms with E-state index in [9.17, 15) is 0 Å². The fourth-order valence-electron chi connectivity index (χ4n) is 3.37. The molecule has 4 rings (SSSR count). The van der Waals surface area contributed by atoms with Crippen LogP contribution in [0.2, 0.25) is 0 Å². The lowest BCUT2D eigenvalue weighted by Crippen LogP contribution is -2.49. The van der Waals surface area contributed by atoms with Crippen LogP contribution >= 0.6 is 15.9 Å². The van der Waals surface area contributed by atoms with Gasteiger partial charge in [-0.2, -0.15) is 0 Å². The molecule has 0 amide bonds. The Morgan fingerprint density at radius 3 is 2.71 bits per heavy atom. The van der Waals surface area contributed by atoms with E-state index in [1.807, 2.05) is 0 Å². The summed E-state index contributed by atoms with van der Waals surface area (Å²) in [5.41, 5.74) is 6.89. The fourth-order valence-corrected chi connectivity index (χ4v) is 3.97. The molecule has 1 saturated carbocycles.